The molecule has 0 radical (unpaired) electrons. The van der Waals surface area contributed by atoms with Crippen molar-refractivity contribution >= 4 is 5.91 Å². The van der Waals surface area contributed by atoms with Crippen LogP contribution in [0.15, 0.2) is 16.5 Å². The molecule has 1 amide bonds. The first kappa shape index (κ1) is 12.2. The van der Waals surface area contributed by atoms with Gasteiger partial charge in [0.05, 0.1) is 0 Å². The number of hydrogen-bond acceptors (Lipinski definition) is 3. The minimum atomic E-state index is 0.132. The molecule has 0 saturated carbocycles. The van der Waals surface area contributed by atoms with Crippen LogP contribution in [0.3, 0.4) is 0 Å². The third kappa shape index (κ3) is 3.89. The van der Waals surface area contributed by atoms with Crippen molar-refractivity contribution in [1.29, 1.82) is 0 Å². The summed E-state index contributed by atoms with van der Waals surface area (Å²) in [5.41, 5.74) is 0. The van der Waals surface area contributed by atoms with Crippen molar-refractivity contribution in [3.63, 3.8) is 0 Å². The molecule has 1 saturated heterocycles. The SMILES string of the molecule is Cc1ccc(CCNC(=O)CC2CCCN2)o1. The molecule has 4 nitrogen and oxygen atoms in total. The summed E-state index contributed by atoms with van der Waals surface area (Å²) in [5, 5.41) is 6.25. The van der Waals surface area contributed by atoms with E-state index in [0.29, 0.717) is 19.0 Å². The van der Waals surface area contributed by atoms with Gasteiger partial charge in [0.2, 0.25) is 5.91 Å². The number of amides is 1. The Morgan fingerprint density at radius 1 is 1.59 bits per heavy atom. The molecule has 1 aromatic heterocycles. The Balaban J connectivity index is 1.62. The van der Waals surface area contributed by atoms with E-state index in [0.717, 1.165) is 30.9 Å². The summed E-state index contributed by atoms with van der Waals surface area (Å²) in [6, 6.07) is 4.28. The Kier molecular flexibility index (Phi) is 4.20. The normalized spacial score (nSPS) is 19.5. The van der Waals surface area contributed by atoms with E-state index in [-0.39, 0.29) is 5.91 Å². The molecule has 17 heavy (non-hydrogen) atoms. The van der Waals surface area contributed by atoms with Crippen molar-refractivity contribution in [2.75, 3.05) is 13.1 Å². The summed E-state index contributed by atoms with van der Waals surface area (Å²) in [5.74, 6) is 1.98. The van der Waals surface area contributed by atoms with Gasteiger partial charge in [0.15, 0.2) is 0 Å². The number of hydrogen-bond donors (Lipinski definition) is 2. The third-order valence-corrected chi connectivity index (χ3v) is 3.08. The zero-order valence-corrected chi connectivity index (χ0v) is 10.3. The molecule has 1 atom stereocenters. The van der Waals surface area contributed by atoms with Crippen LogP contribution in [0.2, 0.25) is 0 Å². The van der Waals surface area contributed by atoms with Gasteiger partial charge in [-0.2, -0.15) is 0 Å². The molecule has 1 fully saturated rings. The molecule has 0 aromatic carbocycles. The molecule has 1 aromatic rings. The molecule has 1 aliphatic rings. The second-order valence-corrected chi connectivity index (χ2v) is 4.61. The number of nitrogens with one attached hydrogen (secondary N) is 2. The molecule has 1 aliphatic heterocycles. The molecule has 2 rings (SSSR count). The average molecular weight is 236 g/mol. The molecule has 0 bridgehead atoms. The first-order valence-electron chi connectivity index (χ1n) is 6.29. The molecule has 0 aliphatic carbocycles. The lowest BCUT2D eigenvalue weighted by atomic mass is 10.1. The van der Waals surface area contributed by atoms with Gasteiger partial charge in [0.1, 0.15) is 11.5 Å². The first-order chi connectivity index (χ1) is 8.24. The second-order valence-electron chi connectivity index (χ2n) is 4.61. The van der Waals surface area contributed by atoms with E-state index in [1.165, 1.54) is 6.42 Å². The summed E-state index contributed by atoms with van der Waals surface area (Å²) >= 11 is 0. The van der Waals surface area contributed by atoms with E-state index in [1.807, 2.05) is 19.1 Å². The zero-order chi connectivity index (χ0) is 12.1. The van der Waals surface area contributed by atoms with Crippen molar-refractivity contribution in [2.24, 2.45) is 0 Å². The van der Waals surface area contributed by atoms with Gasteiger partial charge in [-0.15, -0.1) is 0 Å². The number of rotatable bonds is 5. The van der Waals surface area contributed by atoms with Gasteiger partial charge in [-0.25, -0.2) is 0 Å². The zero-order valence-electron chi connectivity index (χ0n) is 10.3. The largest absolute Gasteiger partial charge is 0.466 e. The highest BCUT2D eigenvalue weighted by atomic mass is 16.3. The van der Waals surface area contributed by atoms with Crippen LogP contribution < -0.4 is 10.6 Å². The fourth-order valence-corrected chi connectivity index (χ4v) is 2.17. The van der Waals surface area contributed by atoms with E-state index >= 15 is 0 Å². The highest BCUT2D eigenvalue weighted by Gasteiger charge is 2.17. The maximum atomic E-state index is 11.6. The molecular weight excluding hydrogens is 216 g/mol. The minimum Gasteiger partial charge on any atom is -0.466 e. The molecule has 2 heterocycles. The van der Waals surface area contributed by atoms with Crippen LogP contribution in [0.1, 0.15) is 30.8 Å². The number of furan rings is 1. The lowest BCUT2D eigenvalue weighted by Crippen LogP contribution is -2.32. The predicted molar refractivity (Wildman–Crippen MR) is 65.8 cm³/mol. The van der Waals surface area contributed by atoms with Crippen LogP contribution in [-0.2, 0) is 11.2 Å². The maximum Gasteiger partial charge on any atom is 0.221 e. The van der Waals surface area contributed by atoms with E-state index in [2.05, 4.69) is 10.6 Å². The highest BCUT2D eigenvalue weighted by molar-refractivity contribution is 5.76. The van der Waals surface area contributed by atoms with Crippen LogP contribution >= 0.6 is 0 Å². The first-order valence-corrected chi connectivity index (χ1v) is 6.29. The van der Waals surface area contributed by atoms with Crippen molar-refractivity contribution in [3.8, 4) is 0 Å². The Morgan fingerprint density at radius 3 is 3.12 bits per heavy atom. The molecular formula is C13H20N2O2. The fourth-order valence-electron chi connectivity index (χ4n) is 2.17. The maximum absolute atomic E-state index is 11.6. The smallest absolute Gasteiger partial charge is 0.221 e. The van der Waals surface area contributed by atoms with E-state index in [9.17, 15) is 4.79 Å². The monoisotopic (exact) mass is 236 g/mol. The van der Waals surface area contributed by atoms with Crippen LogP contribution in [0, 0.1) is 6.92 Å². The van der Waals surface area contributed by atoms with E-state index in [1.54, 1.807) is 0 Å². The second kappa shape index (κ2) is 5.87. The van der Waals surface area contributed by atoms with Gasteiger partial charge in [0, 0.05) is 25.4 Å². The van der Waals surface area contributed by atoms with Gasteiger partial charge < -0.3 is 15.1 Å². The predicted octanol–water partition coefficient (Wildman–Crippen LogP) is 1.39. The average Bonchev–Trinajstić information content (AvgIpc) is 2.90. The topological polar surface area (TPSA) is 54.3 Å². The van der Waals surface area contributed by atoms with Crippen LogP contribution in [0.4, 0.5) is 0 Å². The van der Waals surface area contributed by atoms with Gasteiger partial charge in [-0.1, -0.05) is 0 Å². The lowest BCUT2D eigenvalue weighted by molar-refractivity contribution is -0.121. The molecule has 0 spiro atoms. The Morgan fingerprint density at radius 2 is 2.47 bits per heavy atom. The summed E-state index contributed by atoms with van der Waals surface area (Å²) in [4.78, 5) is 11.6. The standard InChI is InChI=1S/C13H20N2O2/c1-10-4-5-12(17-10)6-8-15-13(16)9-11-3-2-7-14-11/h4-5,11,14H,2-3,6-9H2,1H3,(H,15,16). The van der Waals surface area contributed by atoms with Gasteiger partial charge in [-0.05, 0) is 38.4 Å². The Bertz CT molecular complexity index is 367. The van der Waals surface area contributed by atoms with Crippen molar-refractivity contribution in [2.45, 2.75) is 38.6 Å². The molecule has 2 N–H and O–H groups in total. The van der Waals surface area contributed by atoms with Gasteiger partial charge in [-0.3, -0.25) is 4.79 Å². The molecule has 1 unspecified atom stereocenters. The van der Waals surface area contributed by atoms with E-state index in [4.69, 9.17) is 4.42 Å². The lowest BCUT2D eigenvalue weighted by Gasteiger charge is -2.09. The van der Waals surface area contributed by atoms with Gasteiger partial charge in [0.25, 0.3) is 0 Å². The summed E-state index contributed by atoms with van der Waals surface area (Å²) < 4.78 is 5.44. The van der Waals surface area contributed by atoms with Crippen molar-refractivity contribution < 1.29 is 9.21 Å². The highest BCUT2D eigenvalue weighted by Crippen LogP contribution is 2.08. The van der Waals surface area contributed by atoms with Crippen molar-refractivity contribution in [3.05, 3.63) is 23.7 Å². The number of carbonyl (C=O) groups excluding carboxylic acids is 1. The van der Waals surface area contributed by atoms with Crippen molar-refractivity contribution in [1.82, 2.24) is 10.6 Å². The molecule has 94 valence electrons. The fraction of sp³-hybridized carbons (Fsp3) is 0.615. The van der Waals surface area contributed by atoms with Crippen LogP contribution in [0.5, 0.6) is 0 Å². The Labute approximate surface area is 102 Å². The van der Waals surface area contributed by atoms with Crippen LogP contribution in [-0.4, -0.2) is 25.0 Å². The summed E-state index contributed by atoms with van der Waals surface area (Å²) in [6.45, 7) is 3.62. The van der Waals surface area contributed by atoms with Crippen LogP contribution in [0.25, 0.3) is 0 Å². The minimum absolute atomic E-state index is 0.132. The quantitative estimate of drug-likeness (QED) is 0.812. The summed E-state index contributed by atoms with van der Waals surface area (Å²) in [6.07, 6.45) is 3.66. The third-order valence-electron chi connectivity index (χ3n) is 3.08. The summed E-state index contributed by atoms with van der Waals surface area (Å²) in [7, 11) is 0. The Hall–Kier alpha value is -1.29. The number of carbonyl (C=O) groups is 1. The van der Waals surface area contributed by atoms with E-state index < -0.39 is 0 Å². The molecule has 4 heteroatoms. The van der Waals surface area contributed by atoms with Gasteiger partial charge >= 0.3 is 0 Å². The number of aryl methyl sites for hydroxylation is 1.